The maximum atomic E-state index is 5.39. The number of aryl methyl sites for hydroxylation is 1. The van der Waals surface area contributed by atoms with Crippen LogP contribution in [0.3, 0.4) is 0 Å². The molecule has 1 aromatic heterocycles. The molecule has 0 fully saturated rings. The van der Waals surface area contributed by atoms with Crippen LogP contribution in [0.1, 0.15) is 24.4 Å². The highest BCUT2D eigenvalue weighted by Crippen LogP contribution is 2.34. The molecule has 0 amide bonds. The van der Waals surface area contributed by atoms with Gasteiger partial charge in [-0.15, -0.1) is 10.2 Å². The minimum atomic E-state index is 0.258. The Morgan fingerprint density at radius 1 is 1.39 bits per heavy atom. The summed E-state index contributed by atoms with van der Waals surface area (Å²) in [5, 5.41) is 11.6. The number of nitrogens with zero attached hydrogens (tertiary/aromatic N) is 2. The van der Waals surface area contributed by atoms with Crippen molar-refractivity contribution >= 4 is 27.7 Å². The molecule has 0 aliphatic carbocycles. The van der Waals surface area contributed by atoms with Gasteiger partial charge in [-0.05, 0) is 49.5 Å². The van der Waals surface area contributed by atoms with Crippen molar-refractivity contribution < 1.29 is 4.42 Å². The first kappa shape index (κ1) is 13.6. The smallest absolute Gasteiger partial charge is 0.281 e. The zero-order valence-electron chi connectivity index (χ0n) is 10.4. The molecule has 0 radical (unpaired) electrons. The van der Waals surface area contributed by atoms with E-state index in [0.29, 0.717) is 11.1 Å². The van der Waals surface area contributed by atoms with Gasteiger partial charge in [0.1, 0.15) is 0 Å². The van der Waals surface area contributed by atoms with Gasteiger partial charge in [0.15, 0.2) is 0 Å². The summed E-state index contributed by atoms with van der Waals surface area (Å²) in [5.41, 5.74) is 1.20. The van der Waals surface area contributed by atoms with Gasteiger partial charge in [-0.2, -0.15) is 0 Å². The molecule has 6 heteroatoms. The first-order chi connectivity index (χ1) is 8.60. The number of nitrogens with one attached hydrogen (secondary N) is 1. The fourth-order valence-corrected chi connectivity index (χ4v) is 2.82. The van der Waals surface area contributed by atoms with Crippen LogP contribution in [-0.2, 0) is 0 Å². The number of aromatic nitrogens is 2. The van der Waals surface area contributed by atoms with E-state index in [-0.39, 0.29) is 6.04 Å². The zero-order chi connectivity index (χ0) is 13.1. The Balaban J connectivity index is 2.31. The van der Waals surface area contributed by atoms with Crippen molar-refractivity contribution in [1.29, 1.82) is 0 Å². The fourth-order valence-electron chi connectivity index (χ4n) is 1.52. The Morgan fingerprint density at radius 3 is 2.78 bits per heavy atom. The minimum Gasteiger partial charge on any atom is -0.416 e. The normalized spacial score (nSPS) is 12.7. The van der Waals surface area contributed by atoms with Crippen LogP contribution in [0, 0.1) is 6.92 Å². The van der Waals surface area contributed by atoms with Crippen LogP contribution in [-0.4, -0.2) is 17.2 Å². The van der Waals surface area contributed by atoms with Crippen LogP contribution in [0.4, 0.5) is 0 Å². The minimum absolute atomic E-state index is 0.258. The van der Waals surface area contributed by atoms with E-state index < -0.39 is 0 Å². The van der Waals surface area contributed by atoms with Gasteiger partial charge in [0.25, 0.3) is 5.22 Å². The summed E-state index contributed by atoms with van der Waals surface area (Å²) in [6.45, 7) is 3.90. The fraction of sp³-hybridized carbons (Fsp3) is 0.333. The van der Waals surface area contributed by atoms with Crippen molar-refractivity contribution in [3.63, 3.8) is 0 Å². The van der Waals surface area contributed by atoms with Crippen LogP contribution in [0.5, 0.6) is 0 Å². The molecule has 2 rings (SSSR count). The summed E-state index contributed by atoms with van der Waals surface area (Å²) in [6.07, 6.45) is 0. The van der Waals surface area contributed by atoms with Gasteiger partial charge in [-0.3, -0.25) is 0 Å². The molecule has 0 saturated carbocycles. The Kier molecular flexibility index (Phi) is 4.42. The van der Waals surface area contributed by atoms with Gasteiger partial charge in [0.2, 0.25) is 5.89 Å². The molecule has 96 valence electrons. The standard InChI is InChI=1S/C12H14BrN3OS/c1-7(14-3)10-6-9(13)4-5-11(10)18-12-16-15-8(2)17-12/h4-7,14H,1-3H3. The summed E-state index contributed by atoms with van der Waals surface area (Å²) >= 11 is 4.98. The zero-order valence-corrected chi connectivity index (χ0v) is 12.8. The van der Waals surface area contributed by atoms with Gasteiger partial charge >= 0.3 is 0 Å². The first-order valence-electron chi connectivity index (χ1n) is 5.55. The SMILES string of the molecule is CNC(C)c1cc(Br)ccc1Sc1nnc(C)o1. The van der Waals surface area contributed by atoms with E-state index in [1.807, 2.05) is 13.1 Å². The molecule has 0 bridgehead atoms. The lowest BCUT2D eigenvalue weighted by Gasteiger charge is -2.14. The van der Waals surface area contributed by atoms with Crippen molar-refractivity contribution in [3.8, 4) is 0 Å². The molecule has 2 aromatic rings. The topological polar surface area (TPSA) is 51.0 Å². The lowest BCUT2D eigenvalue weighted by Crippen LogP contribution is -2.13. The van der Waals surface area contributed by atoms with Crippen molar-refractivity contribution in [2.24, 2.45) is 0 Å². The molecule has 0 aliphatic heterocycles. The maximum Gasteiger partial charge on any atom is 0.281 e. The summed E-state index contributed by atoms with van der Waals surface area (Å²) in [7, 11) is 1.94. The highest BCUT2D eigenvalue weighted by molar-refractivity contribution is 9.10. The van der Waals surface area contributed by atoms with E-state index in [2.05, 4.69) is 50.5 Å². The third-order valence-electron chi connectivity index (χ3n) is 2.58. The summed E-state index contributed by atoms with van der Waals surface area (Å²) in [4.78, 5) is 1.11. The molecule has 1 unspecified atom stereocenters. The second kappa shape index (κ2) is 5.86. The molecule has 0 aliphatic rings. The van der Waals surface area contributed by atoms with Crippen LogP contribution >= 0.6 is 27.7 Å². The molecule has 1 heterocycles. The Hall–Kier alpha value is -0.850. The first-order valence-corrected chi connectivity index (χ1v) is 7.15. The monoisotopic (exact) mass is 327 g/mol. The van der Waals surface area contributed by atoms with Gasteiger partial charge in [-0.25, -0.2) is 0 Å². The predicted octanol–water partition coefficient (Wildman–Crippen LogP) is 3.57. The Bertz CT molecular complexity index is 544. The number of rotatable bonds is 4. The molecule has 1 atom stereocenters. The van der Waals surface area contributed by atoms with E-state index in [1.54, 1.807) is 6.92 Å². The van der Waals surface area contributed by atoms with Crippen LogP contribution in [0.15, 0.2) is 37.2 Å². The van der Waals surface area contributed by atoms with Crippen LogP contribution in [0.25, 0.3) is 0 Å². The second-order valence-electron chi connectivity index (χ2n) is 3.88. The van der Waals surface area contributed by atoms with Crippen molar-refractivity contribution in [2.75, 3.05) is 7.05 Å². The largest absolute Gasteiger partial charge is 0.416 e. The molecular weight excluding hydrogens is 314 g/mol. The van der Waals surface area contributed by atoms with Gasteiger partial charge in [0.05, 0.1) is 0 Å². The van der Waals surface area contributed by atoms with Crippen molar-refractivity contribution in [2.45, 2.75) is 30.0 Å². The van der Waals surface area contributed by atoms with E-state index in [1.165, 1.54) is 17.3 Å². The quantitative estimate of drug-likeness (QED) is 0.930. The average molecular weight is 328 g/mol. The van der Waals surface area contributed by atoms with E-state index in [0.717, 1.165) is 9.37 Å². The number of benzene rings is 1. The predicted molar refractivity (Wildman–Crippen MR) is 74.8 cm³/mol. The third-order valence-corrected chi connectivity index (χ3v) is 4.00. The van der Waals surface area contributed by atoms with Crippen LogP contribution in [0.2, 0.25) is 0 Å². The summed E-state index contributed by atoms with van der Waals surface area (Å²) in [6, 6.07) is 6.43. The lowest BCUT2D eigenvalue weighted by atomic mass is 10.1. The van der Waals surface area contributed by atoms with Gasteiger partial charge in [-0.1, -0.05) is 15.9 Å². The highest BCUT2D eigenvalue weighted by atomic mass is 79.9. The molecule has 1 aromatic carbocycles. The molecule has 4 nitrogen and oxygen atoms in total. The Labute approximate surface area is 119 Å². The van der Waals surface area contributed by atoms with E-state index in [9.17, 15) is 0 Å². The molecule has 1 N–H and O–H groups in total. The Morgan fingerprint density at radius 2 is 2.17 bits per heavy atom. The molecule has 0 saturated heterocycles. The summed E-state index contributed by atoms with van der Waals surface area (Å²) in [5.74, 6) is 0.581. The average Bonchev–Trinajstić information content (AvgIpc) is 2.76. The van der Waals surface area contributed by atoms with Gasteiger partial charge in [0, 0.05) is 22.3 Å². The third kappa shape index (κ3) is 3.13. The lowest BCUT2D eigenvalue weighted by molar-refractivity contribution is 0.429. The number of hydrogen-bond donors (Lipinski definition) is 1. The number of hydrogen-bond acceptors (Lipinski definition) is 5. The summed E-state index contributed by atoms with van der Waals surface area (Å²) < 4.78 is 6.46. The van der Waals surface area contributed by atoms with E-state index >= 15 is 0 Å². The second-order valence-corrected chi connectivity index (χ2v) is 5.79. The maximum absolute atomic E-state index is 5.39. The van der Waals surface area contributed by atoms with Crippen molar-refractivity contribution in [3.05, 3.63) is 34.1 Å². The van der Waals surface area contributed by atoms with Gasteiger partial charge < -0.3 is 9.73 Å². The molecular formula is C12H14BrN3OS. The van der Waals surface area contributed by atoms with Crippen LogP contribution < -0.4 is 5.32 Å². The number of halogens is 1. The van der Waals surface area contributed by atoms with E-state index in [4.69, 9.17) is 4.42 Å². The highest BCUT2D eigenvalue weighted by Gasteiger charge is 2.13. The molecule has 0 spiro atoms. The molecule has 18 heavy (non-hydrogen) atoms. The van der Waals surface area contributed by atoms with Crippen molar-refractivity contribution in [1.82, 2.24) is 15.5 Å².